The standard InChI is InChI=1S/C27H46N2O4/c1-16(5-8-24(32)29-17(2)15-28-33)20-6-7-21-25-22(10-12-27(20,21)4)26(3)11-9-19(30)13-18(26)14-23(25)31/h15-16,18-23,25,28,30-31,33H,5-14H2,1-4H3,(H,29,32)/b17-15-/t16-,18+,19-,20?,21+,22+,23-,25+,26+,27-/m1/s1. The van der Waals surface area contributed by atoms with Crippen LogP contribution in [0.3, 0.4) is 0 Å². The highest BCUT2D eigenvalue weighted by Crippen LogP contribution is 2.68. The second-order valence-electron chi connectivity index (χ2n) is 12.5. The number of hydrogen-bond donors (Lipinski definition) is 5. The van der Waals surface area contributed by atoms with Crippen LogP contribution in [0.5, 0.6) is 0 Å². The highest BCUT2D eigenvalue weighted by atomic mass is 16.5. The third-order valence-electron chi connectivity index (χ3n) is 10.9. The molecule has 0 aromatic heterocycles. The summed E-state index contributed by atoms with van der Waals surface area (Å²) < 4.78 is 0. The molecule has 6 heteroatoms. The third-order valence-corrected chi connectivity index (χ3v) is 10.9. The highest BCUT2D eigenvalue weighted by molar-refractivity contribution is 5.77. The molecule has 0 heterocycles. The van der Waals surface area contributed by atoms with E-state index in [1.54, 1.807) is 6.92 Å². The van der Waals surface area contributed by atoms with Crippen molar-refractivity contribution in [2.24, 2.45) is 46.3 Å². The first-order chi connectivity index (χ1) is 15.6. The van der Waals surface area contributed by atoms with E-state index in [0.29, 0.717) is 47.6 Å². The van der Waals surface area contributed by atoms with E-state index in [1.807, 2.05) is 5.48 Å². The minimum absolute atomic E-state index is 0.00425. The van der Waals surface area contributed by atoms with E-state index >= 15 is 0 Å². The van der Waals surface area contributed by atoms with E-state index in [1.165, 1.54) is 31.9 Å². The van der Waals surface area contributed by atoms with Crippen LogP contribution in [-0.2, 0) is 4.79 Å². The van der Waals surface area contributed by atoms with Crippen LogP contribution in [0.2, 0.25) is 0 Å². The van der Waals surface area contributed by atoms with Crippen molar-refractivity contribution in [1.82, 2.24) is 10.8 Å². The van der Waals surface area contributed by atoms with Crippen LogP contribution in [0.25, 0.3) is 0 Å². The first-order valence-electron chi connectivity index (χ1n) is 13.3. The van der Waals surface area contributed by atoms with Gasteiger partial charge in [0, 0.05) is 18.3 Å². The van der Waals surface area contributed by atoms with Crippen molar-refractivity contribution < 1.29 is 20.2 Å². The molecule has 1 unspecified atom stereocenters. The molecule has 33 heavy (non-hydrogen) atoms. The number of allylic oxidation sites excluding steroid dienone is 1. The van der Waals surface area contributed by atoms with E-state index in [9.17, 15) is 15.0 Å². The van der Waals surface area contributed by atoms with Crippen molar-refractivity contribution >= 4 is 5.91 Å². The van der Waals surface area contributed by atoms with Gasteiger partial charge in [0.2, 0.25) is 5.91 Å². The lowest BCUT2D eigenvalue weighted by molar-refractivity contribution is -0.174. The summed E-state index contributed by atoms with van der Waals surface area (Å²) in [5, 5.41) is 33.2. The fourth-order valence-electron chi connectivity index (χ4n) is 9.15. The number of carbonyl (C=O) groups is 1. The second kappa shape index (κ2) is 9.50. The molecule has 4 aliphatic rings. The lowest BCUT2D eigenvalue weighted by Crippen LogP contribution is -2.58. The number of aliphatic hydroxyl groups is 2. The van der Waals surface area contributed by atoms with E-state index in [2.05, 4.69) is 26.1 Å². The van der Waals surface area contributed by atoms with Crippen LogP contribution in [0, 0.1) is 46.3 Å². The first kappa shape index (κ1) is 25.0. The van der Waals surface area contributed by atoms with Crippen LogP contribution >= 0.6 is 0 Å². The predicted octanol–water partition coefficient (Wildman–Crippen LogP) is 4.35. The molecular weight excluding hydrogens is 416 g/mol. The van der Waals surface area contributed by atoms with Gasteiger partial charge in [0.05, 0.1) is 12.2 Å². The summed E-state index contributed by atoms with van der Waals surface area (Å²) in [7, 11) is 0. The normalized spacial score (nSPS) is 46.0. The molecule has 0 radical (unpaired) electrons. The number of fused-ring (bicyclic) bond motifs is 5. The molecule has 0 saturated heterocycles. The number of nitrogens with one attached hydrogen (secondary N) is 2. The summed E-state index contributed by atoms with van der Waals surface area (Å²) in [4.78, 5) is 12.3. The molecule has 4 aliphatic carbocycles. The Bertz CT molecular complexity index is 756. The summed E-state index contributed by atoms with van der Waals surface area (Å²) in [5.41, 5.74) is 3.07. The Balaban J connectivity index is 1.43. The lowest BCUT2D eigenvalue weighted by atomic mass is 9.43. The maximum absolute atomic E-state index is 12.3. The third kappa shape index (κ3) is 4.48. The fourth-order valence-corrected chi connectivity index (χ4v) is 9.15. The van der Waals surface area contributed by atoms with Crippen LogP contribution in [0.15, 0.2) is 11.9 Å². The number of hydroxylamine groups is 1. The zero-order valence-corrected chi connectivity index (χ0v) is 21.0. The quantitative estimate of drug-likeness (QED) is 0.378. The zero-order valence-electron chi connectivity index (χ0n) is 21.0. The second-order valence-corrected chi connectivity index (χ2v) is 12.5. The smallest absolute Gasteiger partial charge is 0.224 e. The summed E-state index contributed by atoms with van der Waals surface area (Å²) in [6.07, 6.45) is 10.9. The minimum Gasteiger partial charge on any atom is -0.393 e. The molecule has 4 saturated carbocycles. The molecule has 0 aromatic rings. The topological polar surface area (TPSA) is 102 Å². The number of carbonyl (C=O) groups excluding carboxylic acids is 1. The van der Waals surface area contributed by atoms with Crippen molar-refractivity contribution in [2.45, 2.75) is 104 Å². The van der Waals surface area contributed by atoms with Gasteiger partial charge in [-0.05, 0) is 111 Å². The number of aliphatic hydroxyl groups excluding tert-OH is 2. The largest absolute Gasteiger partial charge is 0.393 e. The molecule has 1 amide bonds. The molecule has 188 valence electrons. The monoisotopic (exact) mass is 462 g/mol. The number of hydrogen-bond acceptors (Lipinski definition) is 5. The van der Waals surface area contributed by atoms with Gasteiger partial charge >= 0.3 is 0 Å². The minimum atomic E-state index is -0.238. The van der Waals surface area contributed by atoms with Crippen molar-refractivity contribution in [3.05, 3.63) is 11.9 Å². The zero-order chi connectivity index (χ0) is 24.0. The van der Waals surface area contributed by atoms with Gasteiger partial charge < -0.3 is 15.5 Å². The molecule has 0 spiro atoms. The maximum Gasteiger partial charge on any atom is 0.224 e. The van der Waals surface area contributed by atoms with Gasteiger partial charge in [-0.15, -0.1) is 0 Å². The van der Waals surface area contributed by atoms with Crippen molar-refractivity contribution in [3.8, 4) is 0 Å². The summed E-state index contributed by atoms with van der Waals surface area (Å²) in [5.74, 6) is 3.05. The van der Waals surface area contributed by atoms with Crippen molar-refractivity contribution in [3.63, 3.8) is 0 Å². The van der Waals surface area contributed by atoms with Gasteiger partial charge in [0.25, 0.3) is 0 Å². The fraction of sp³-hybridized carbons (Fsp3) is 0.889. The van der Waals surface area contributed by atoms with Crippen LogP contribution in [-0.4, -0.2) is 33.5 Å². The van der Waals surface area contributed by atoms with E-state index in [4.69, 9.17) is 5.21 Å². The molecule has 0 aliphatic heterocycles. The molecule has 10 atom stereocenters. The van der Waals surface area contributed by atoms with Crippen LogP contribution < -0.4 is 10.8 Å². The Morgan fingerprint density at radius 2 is 1.76 bits per heavy atom. The van der Waals surface area contributed by atoms with Crippen molar-refractivity contribution in [2.75, 3.05) is 0 Å². The van der Waals surface area contributed by atoms with Gasteiger partial charge in [0.1, 0.15) is 0 Å². The Hall–Kier alpha value is -1.11. The maximum atomic E-state index is 12.3. The van der Waals surface area contributed by atoms with E-state index < -0.39 is 0 Å². The van der Waals surface area contributed by atoms with Gasteiger partial charge in [-0.1, -0.05) is 20.8 Å². The average Bonchev–Trinajstić information content (AvgIpc) is 3.10. The van der Waals surface area contributed by atoms with Crippen LogP contribution in [0.4, 0.5) is 0 Å². The number of amides is 1. The number of rotatable bonds is 6. The Kier molecular flexibility index (Phi) is 7.20. The summed E-state index contributed by atoms with van der Waals surface area (Å²) in [6, 6.07) is 0. The Morgan fingerprint density at radius 3 is 2.48 bits per heavy atom. The van der Waals surface area contributed by atoms with Gasteiger partial charge in [-0.3, -0.25) is 15.5 Å². The molecule has 0 bridgehead atoms. The summed E-state index contributed by atoms with van der Waals surface area (Å²) >= 11 is 0. The molecule has 0 aromatic carbocycles. The van der Waals surface area contributed by atoms with E-state index in [0.717, 1.165) is 32.1 Å². The van der Waals surface area contributed by atoms with Gasteiger partial charge in [-0.2, -0.15) is 0 Å². The molecule has 6 nitrogen and oxygen atoms in total. The molecular formula is C27H46N2O4. The van der Waals surface area contributed by atoms with Gasteiger partial charge in [-0.25, -0.2) is 0 Å². The highest BCUT2D eigenvalue weighted by Gasteiger charge is 2.62. The van der Waals surface area contributed by atoms with Crippen LogP contribution in [0.1, 0.15) is 91.9 Å². The Labute approximate surface area is 199 Å². The predicted molar refractivity (Wildman–Crippen MR) is 128 cm³/mol. The Morgan fingerprint density at radius 1 is 1.06 bits per heavy atom. The van der Waals surface area contributed by atoms with Crippen molar-refractivity contribution in [1.29, 1.82) is 0 Å². The molecule has 5 N–H and O–H groups in total. The van der Waals surface area contributed by atoms with Gasteiger partial charge in [0.15, 0.2) is 0 Å². The lowest BCUT2D eigenvalue weighted by Gasteiger charge is -2.62. The van der Waals surface area contributed by atoms with E-state index in [-0.39, 0.29) is 28.9 Å². The average molecular weight is 463 g/mol. The first-order valence-corrected chi connectivity index (χ1v) is 13.3. The molecule has 4 fully saturated rings. The molecule has 4 rings (SSSR count). The summed E-state index contributed by atoms with van der Waals surface area (Å²) in [6.45, 7) is 9.01. The SMILES string of the molecule is C/C(=C/NO)NC(=O)CC[C@@H](C)C1CC[C@H]2[C@@H]3[C@H](O)C[C@@H]4C[C@H](O)CC[C@]4(C)[C@H]3CC[C@]12C.